The number of carbonyl (C=O) groups excluding carboxylic acids is 3. The highest BCUT2D eigenvalue weighted by atomic mass is 16.3. The van der Waals surface area contributed by atoms with E-state index in [2.05, 4.69) is 20.5 Å². The number of pyridine rings is 1. The van der Waals surface area contributed by atoms with Crippen LogP contribution in [-0.4, -0.2) is 58.0 Å². The molecule has 3 heterocycles. The van der Waals surface area contributed by atoms with Crippen LogP contribution < -0.4 is 21.3 Å². The zero-order chi connectivity index (χ0) is 26.1. The Hall–Kier alpha value is -3.46. The number of nitrogens with one attached hydrogen (secondary N) is 2. The minimum Gasteiger partial charge on any atom is -0.393 e. The van der Waals surface area contributed by atoms with Crippen LogP contribution in [0.3, 0.4) is 0 Å². The molecule has 5 rings (SSSR count). The molecule has 1 aromatic heterocycles. The third kappa shape index (κ3) is 5.46. The van der Waals surface area contributed by atoms with Crippen LogP contribution in [0, 0.1) is 0 Å². The van der Waals surface area contributed by atoms with Gasteiger partial charge in [0.2, 0.25) is 0 Å². The lowest BCUT2D eigenvalue weighted by atomic mass is 9.92. The van der Waals surface area contributed by atoms with Gasteiger partial charge < -0.3 is 26.4 Å². The quantitative estimate of drug-likeness (QED) is 0.425. The van der Waals surface area contributed by atoms with E-state index in [1.807, 2.05) is 12.1 Å². The number of rotatable bonds is 7. The van der Waals surface area contributed by atoms with E-state index in [1.165, 1.54) is 6.92 Å². The summed E-state index contributed by atoms with van der Waals surface area (Å²) < 4.78 is 0. The number of carbonyl (C=O) groups is 3. The van der Waals surface area contributed by atoms with E-state index in [0.29, 0.717) is 35.2 Å². The number of anilines is 2. The summed E-state index contributed by atoms with van der Waals surface area (Å²) in [6.07, 6.45) is 8.12. The summed E-state index contributed by atoms with van der Waals surface area (Å²) in [6.45, 7) is 1.54. The Balaban J connectivity index is 1.25. The van der Waals surface area contributed by atoms with E-state index >= 15 is 0 Å². The van der Waals surface area contributed by atoms with Crippen LogP contribution in [-0.2, 0) is 0 Å². The van der Waals surface area contributed by atoms with Crippen LogP contribution in [0.2, 0.25) is 0 Å². The van der Waals surface area contributed by atoms with E-state index in [4.69, 9.17) is 5.73 Å². The summed E-state index contributed by atoms with van der Waals surface area (Å²) in [6, 6.07) is 9.46. The van der Waals surface area contributed by atoms with Gasteiger partial charge in [0.05, 0.1) is 11.7 Å². The van der Waals surface area contributed by atoms with Crippen LogP contribution in [0.15, 0.2) is 36.5 Å². The Kier molecular flexibility index (Phi) is 7.15. The number of nitrogens with two attached hydrogens (primary N) is 1. The number of hydrogen-bond acceptors (Lipinski definition) is 7. The van der Waals surface area contributed by atoms with Crippen LogP contribution in [0.4, 0.5) is 11.5 Å². The topological polar surface area (TPSA) is 138 Å². The molecule has 9 nitrogen and oxygen atoms in total. The van der Waals surface area contributed by atoms with Crippen molar-refractivity contribution in [2.75, 3.05) is 10.2 Å². The number of fused-ring (bicyclic) bond motifs is 2. The molecule has 1 aromatic carbocycles. The highest BCUT2D eigenvalue weighted by Crippen LogP contribution is 2.38. The Morgan fingerprint density at radius 1 is 0.946 bits per heavy atom. The van der Waals surface area contributed by atoms with Gasteiger partial charge in [-0.15, -0.1) is 0 Å². The summed E-state index contributed by atoms with van der Waals surface area (Å²) in [5.41, 5.74) is 7.61. The molecule has 5 N–H and O–H groups in total. The molecule has 3 aliphatic rings. The minimum atomic E-state index is -0.542. The van der Waals surface area contributed by atoms with Crippen molar-refractivity contribution in [2.45, 2.75) is 88.6 Å². The lowest BCUT2D eigenvalue weighted by Gasteiger charge is -2.40. The van der Waals surface area contributed by atoms with E-state index in [0.717, 1.165) is 44.3 Å². The lowest BCUT2D eigenvalue weighted by Crippen LogP contribution is -2.50. The number of piperidine rings is 1. The predicted molar refractivity (Wildman–Crippen MR) is 141 cm³/mol. The fraction of sp³-hybridized carbons (Fsp3) is 0.500. The van der Waals surface area contributed by atoms with Gasteiger partial charge >= 0.3 is 0 Å². The van der Waals surface area contributed by atoms with Gasteiger partial charge in [0, 0.05) is 47.2 Å². The number of amides is 2. The van der Waals surface area contributed by atoms with Crippen molar-refractivity contribution in [1.82, 2.24) is 10.3 Å². The second-order valence-electron chi connectivity index (χ2n) is 10.7. The number of ketones is 1. The van der Waals surface area contributed by atoms with Crippen LogP contribution in [0.25, 0.3) is 0 Å². The molecule has 3 fully saturated rings. The Morgan fingerprint density at radius 3 is 2.22 bits per heavy atom. The van der Waals surface area contributed by atoms with E-state index in [9.17, 15) is 19.5 Å². The standard InChI is InChI=1S/C28H35N5O4/c1-16(34)18-3-11-26(30-15-18)33-21-6-7-22(33)14-20(13-21)32-28(37)17-2-10-24(27(29)36)25(12-17)31-19-4-8-23(35)9-5-19/h2-3,10-12,15,19-23,31,35H,4-9,13-14H2,1H3,(H2,29,36)(H,32,37)/t19-,20-,21+,22-,23-. The van der Waals surface area contributed by atoms with Crippen molar-refractivity contribution < 1.29 is 19.5 Å². The minimum absolute atomic E-state index is 0.00296. The van der Waals surface area contributed by atoms with Gasteiger partial charge in [-0.2, -0.15) is 0 Å². The maximum Gasteiger partial charge on any atom is 0.251 e. The average molecular weight is 506 g/mol. The molecule has 9 heteroatoms. The molecule has 2 saturated heterocycles. The number of hydrogen-bond donors (Lipinski definition) is 4. The normalized spacial score (nSPS) is 27.0. The Bertz CT molecular complexity index is 1160. The maximum absolute atomic E-state index is 13.2. The summed E-state index contributed by atoms with van der Waals surface area (Å²) in [5.74, 6) is 0.178. The molecular formula is C28H35N5O4. The van der Waals surface area contributed by atoms with Crippen molar-refractivity contribution >= 4 is 29.1 Å². The number of benzene rings is 1. The van der Waals surface area contributed by atoms with Crippen molar-refractivity contribution in [3.8, 4) is 0 Å². The molecule has 3 atom stereocenters. The van der Waals surface area contributed by atoms with Gasteiger partial charge in [0.15, 0.2) is 5.78 Å². The molecule has 37 heavy (non-hydrogen) atoms. The van der Waals surface area contributed by atoms with Crippen molar-refractivity contribution in [1.29, 1.82) is 0 Å². The van der Waals surface area contributed by atoms with Crippen molar-refractivity contribution in [2.24, 2.45) is 5.73 Å². The SMILES string of the molecule is CC(=O)c1ccc(N2[C@@H]3CC[C@H]2C[C@@H](NC(=O)c2ccc(C(N)=O)c(N[C@H]4CC[C@H](O)CC4)c2)C3)nc1. The first-order chi connectivity index (χ1) is 17.8. The molecule has 196 valence electrons. The van der Waals surface area contributed by atoms with E-state index in [-0.39, 0.29) is 42.0 Å². The van der Waals surface area contributed by atoms with Gasteiger partial charge in [0.25, 0.3) is 11.8 Å². The van der Waals surface area contributed by atoms with E-state index < -0.39 is 5.91 Å². The smallest absolute Gasteiger partial charge is 0.251 e. The molecule has 2 amide bonds. The summed E-state index contributed by atoms with van der Waals surface area (Å²) in [5, 5.41) is 16.4. The van der Waals surface area contributed by atoms with Crippen LogP contribution >= 0.6 is 0 Å². The van der Waals surface area contributed by atoms with Crippen molar-refractivity contribution in [3.63, 3.8) is 0 Å². The zero-order valence-corrected chi connectivity index (χ0v) is 21.2. The molecule has 1 saturated carbocycles. The third-order valence-corrected chi connectivity index (χ3v) is 8.09. The van der Waals surface area contributed by atoms with Gasteiger partial charge in [-0.3, -0.25) is 14.4 Å². The first-order valence-corrected chi connectivity index (χ1v) is 13.2. The predicted octanol–water partition coefficient (Wildman–Crippen LogP) is 3.03. The fourth-order valence-electron chi connectivity index (χ4n) is 6.14. The van der Waals surface area contributed by atoms with Crippen LogP contribution in [0.5, 0.6) is 0 Å². The molecule has 2 aliphatic heterocycles. The van der Waals surface area contributed by atoms with Gasteiger partial charge in [0.1, 0.15) is 5.82 Å². The first-order valence-electron chi connectivity index (χ1n) is 13.2. The van der Waals surface area contributed by atoms with Gasteiger partial charge in [-0.1, -0.05) is 0 Å². The number of nitrogens with zero attached hydrogens (tertiary/aromatic N) is 2. The molecular weight excluding hydrogens is 470 g/mol. The second-order valence-corrected chi connectivity index (χ2v) is 10.7. The van der Waals surface area contributed by atoms with Crippen molar-refractivity contribution in [3.05, 3.63) is 53.2 Å². The molecule has 1 aliphatic carbocycles. The lowest BCUT2D eigenvalue weighted by molar-refractivity contribution is 0.0924. The summed E-state index contributed by atoms with van der Waals surface area (Å²) >= 11 is 0. The Labute approximate surface area is 216 Å². The van der Waals surface area contributed by atoms with E-state index in [1.54, 1.807) is 24.4 Å². The number of Topliss-reactive ketones (excluding diaryl/α,β-unsaturated/α-hetero) is 1. The highest BCUT2D eigenvalue weighted by Gasteiger charge is 2.41. The van der Waals surface area contributed by atoms with Crippen LogP contribution in [0.1, 0.15) is 89.4 Å². The second kappa shape index (κ2) is 10.5. The number of aliphatic hydroxyl groups is 1. The number of aliphatic hydroxyl groups excluding tert-OH is 1. The maximum atomic E-state index is 13.2. The summed E-state index contributed by atoms with van der Waals surface area (Å²) in [4.78, 5) is 43.7. The zero-order valence-electron chi connectivity index (χ0n) is 21.2. The van der Waals surface area contributed by atoms with Gasteiger partial charge in [-0.05, 0) is 88.6 Å². The monoisotopic (exact) mass is 505 g/mol. The molecule has 0 radical (unpaired) electrons. The fourth-order valence-corrected chi connectivity index (χ4v) is 6.14. The molecule has 0 spiro atoms. The average Bonchev–Trinajstić information content (AvgIpc) is 3.15. The molecule has 2 bridgehead atoms. The number of primary amides is 1. The molecule has 0 unspecified atom stereocenters. The Morgan fingerprint density at radius 2 is 1.62 bits per heavy atom. The summed E-state index contributed by atoms with van der Waals surface area (Å²) in [7, 11) is 0. The van der Waals surface area contributed by atoms with Gasteiger partial charge in [-0.25, -0.2) is 4.98 Å². The largest absolute Gasteiger partial charge is 0.393 e. The first kappa shape index (κ1) is 25.2. The highest BCUT2D eigenvalue weighted by molar-refractivity contribution is 6.02. The molecule has 2 aromatic rings. The number of aromatic nitrogens is 1. The third-order valence-electron chi connectivity index (χ3n) is 8.09.